The molecule has 0 aliphatic carbocycles. The number of anilines is 12. The molecule has 0 saturated carbocycles. The fourth-order valence-electron chi connectivity index (χ4n) is 19.0. The van der Waals surface area contributed by atoms with Gasteiger partial charge >= 0.3 is 42.1 Å². The average molecular weight is 2080 g/mol. The van der Waals surface area contributed by atoms with Crippen molar-refractivity contribution in [2.75, 3.05) is 67.1 Å². The second kappa shape index (κ2) is 38.8. The minimum absolute atomic E-state index is 0. The first-order valence-electron chi connectivity index (χ1n) is 50.4. The Hall–Kier alpha value is -11.7. The van der Waals surface area contributed by atoms with E-state index < -0.39 is 27.9 Å². The first-order chi connectivity index (χ1) is 66.4. The van der Waals surface area contributed by atoms with E-state index in [0.29, 0.717) is 57.6 Å². The summed E-state index contributed by atoms with van der Waals surface area (Å²) in [6.45, 7) is 36.4. The monoisotopic (exact) mass is 2080 g/mol. The number of nitrogens with zero attached hydrogens (tertiary/aromatic N) is 14. The molecule has 0 fully saturated rings. The van der Waals surface area contributed by atoms with Gasteiger partial charge in [-0.25, -0.2) is 19.9 Å². The number of benzene rings is 12. The van der Waals surface area contributed by atoms with Crippen molar-refractivity contribution in [3.8, 4) is 22.3 Å². The van der Waals surface area contributed by atoms with E-state index >= 15 is 0 Å². The van der Waals surface area contributed by atoms with Gasteiger partial charge in [-0.15, -0.1) is 106 Å². The zero-order chi connectivity index (χ0) is 99.9. The molecule has 14 nitrogen and oxygen atoms in total. The molecule has 0 bridgehead atoms. The summed E-state index contributed by atoms with van der Waals surface area (Å²) in [5.74, 6) is 2.57. The van der Waals surface area contributed by atoms with Gasteiger partial charge < -0.3 is 49.8 Å². The number of aryl methyl sites for hydroxylation is 6. The molecule has 6 aliphatic heterocycles. The van der Waals surface area contributed by atoms with Crippen molar-refractivity contribution >= 4 is 138 Å². The molecule has 0 spiro atoms. The van der Waals surface area contributed by atoms with Gasteiger partial charge in [-0.05, 0) is 174 Å². The first kappa shape index (κ1) is 78.2. The van der Waals surface area contributed by atoms with Crippen molar-refractivity contribution < 1.29 is 58.6 Å². The SMILES string of the molecule is Cc1cc(C)c(B2c3ccccc3[N-]c3ccccc32)c(C)c1.Cc1cc(C)c(B2c3ccccc3[N-]c3ccccc32)c(C)c1.[2H]C([2H])([2H])N1[CH-]N(c2[c-]c(N3[CH-]N(C([2H])([2H])[2H])c4ccccc43)cc(-c3c(C(C)C)cc(C(C)C)cc3C(C)C)c2)c2ccccc21.[2H]C([2H])([2H])N1[CH-]N(c2[c-]c(N3[CH-]N(C([2H])([2H])[2H])c4nccnc43)cc(-c3c(C(C)C)cc(C(C)C)cc3C(C)C)c2)c2nccnc21.[Pt+4].[Pt+4]. The summed E-state index contributed by atoms with van der Waals surface area (Å²) < 4.78 is 98.5. The van der Waals surface area contributed by atoms with E-state index in [9.17, 15) is 0 Å². The van der Waals surface area contributed by atoms with Crippen molar-refractivity contribution in [2.45, 2.75) is 160 Å². The second-order valence-corrected chi connectivity index (χ2v) is 36.1. The summed E-state index contributed by atoms with van der Waals surface area (Å²) in [5, 5.41) is 9.72. The van der Waals surface area contributed by atoms with Crippen molar-refractivity contribution in [1.29, 1.82) is 0 Å². The maximum Gasteiger partial charge on any atom is 4.00 e. The zero-order valence-corrected chi connectivity index (χ0v) is 81.5. The van der Waals surface area contributed by atoms with E-state index in [4.69, 9.17) is 27.1 Å². The van der Waals surface area contributed by atoms with Gasteiger partial charge in [0.25, 0.3) is 0 Å². The smallest absolute Gasteiger partial charge is 0.659 e. The van der Waals surface area contributed by atoms with Crippen LogP contribution in [0.5, 0.6) is 0 Å². The van der Waals surface area contributed by atoms with Crippen LogP contribution in [0.3, 0.4) is 0 Å². The van der Waals surface area contributed by atoms with Crippen LogP contribution in [0.1, 0.15) is 202 Å². The number of aromatic nitrogens is 4. The van der Waals surface area contributed by atoms with E-state index in [1.165, 1.54) is 147 Å². The molecule has 0 unspecified atom stereocenters. The third-order valence-electron chi connectivity index (χ3n) is 25.0. The second-order valence-electron chi connectivity index (χ2n) is 36.1. The van der Waals surface area contributed by atoms with Crippen LogP contribution >= 0.6 is 0 Å². The van der Waals surface area contributed by atoms with E-state index in [1.54, 1.807) is 35.3 Å². The van der Waals surface area contributed by atoms with Crippen molar-refractivity contribution in [3.63, 3.8) is 0 Å². The van der Waals surface area contributed by atoms with E-state index in [2.05, 4.69) is 314 Å². The maximum atomic E-state index is 8.25. The summed E-state index contributed by atoms with van der Waals surface area (Å²) >= 11 is 0. The minimum Gasteiger partial charge on any atom is -0.659 e. The van der Waals surface area contributed by atoms with Gasteiger partial charge in [-0.3, -0.25) is 0 Å². The minimum atomic E-state index is -2.51. The van der Waals surface area contributed by atoms with Crippen LogP contribution in [0, 0.1) is 80.3 Å². The largest absolute Gasteiger partial charge is 4.00 e. The molecule has 0 saturated heterocycles. The van der Waals surface area contributed by atoms with Crippen LogP contribution < -0.4 is 72.0 Å². The van der Waals surface area contributed by atoms with E-state index in [-0.39, 0.29) is 90.9 Å². The van der Waals surface area contributed by atoms with Crippen LogP contribution in [0.15, 0.2) is 243 Å². The molecule has 14 aromatic rings. The van der Waals surface area contributed by atoms with Gasteiger partial charge in [0.1, 0.15) is 23.3 Å². The molecule has 660 valence electrons. The van der Waals surface area contributed by atoms with E-state index in [1.807, 2.05) is 58.3 Å². The number of rotatable bonds is 14. The van der Waals surface area contributed by atoms with E-state index in [0.717, 1.165) is 66.2 Å². The summed E-state index contributed by atoms with van der Waals surface area (Å²) in [6.07, 6.45) is 5.94. The first-order valence-corrected chi connectivity index (χ1v) is 44.4. The number of hydrogen-bond acceptors (Lipinski definition) is 12. The standard InChI is InChI=1S/C37H41N4.C33H37N8.2C21H19BN.2Pt/c1-24(2)27-19-31(25(3)4)37(32(20-27)26(5)6)28-17-29(40-22-38(7)33-13-9-11-15-35(33)40)21-30(18-28)41-23-39(8)34-14-10-12-16-36(34)41;1-20(2)23-15-27(21(3)4)29(28(16-23)22(5)6)24-13-25(40-18-38(7)30-32(40)36-11-9-34-30)17-26(14-24)41-19-39(8)31-33(41)37-12-10-35-31;2*1-14-12-15(2)21(16(3)13-14)22-17-8-4-6-10-19(17)23-20-11-7-5-9-18(20)22;;/h9-20,22-26H,1-8H3;9-16,18-22H,1-8H3;2*4-13H,1-3H3;;/q2*-3;2*-1;2*+4/i2*7D3,8D3;;;;. The third-order valence-corrected chi connectivity index (χ3v) is 25.0. The molecular formula is C112H116B2N14Pt2. The number of hydrogen-bond donors (Lipinski definition) is 0. The van der Waals surface area contributed by atoms with Crippen LogP contribution in [0.4, 0.5) is 91.5 Å². The average Bonchev–Trinajstić information content (AvgIpc) is 0.818. The molecule has 12 aromatic carbocycles. The van der Waals surface area contributed by atoms with Crippen LogP contribution in [0.2, 0.25) is 0 Å². The Morgan fingerprint density at radius 1 is 0.308 bits per heavy atom. The van der Waals surface area contributed by atoms with Gasteiger partial charge in [0.15, 0.2) is 0 Å². The summed E-state index contributed by atoms with van der Waals surface area (Å²) in [5.41, 5.74) is 36.8. The van der Waals surface area contributed by atoms with Gasteiger partial charge in [-0.1, -0.05) is 319 Å². The Bertz CT molecular complexity index is 6240. The third kappa shape index (κ3) is 18.1. The van der Waals surface area contributed by atoms with Gasteiger partial charge in [0, 0.05) is 64.0 Å². The van der Waals surface area contributed by atoms with Crippen molar-refractivity contribution in [2.24, 2.45) is 0 Å². The zero-order valence-electron chi connectivity index (χ0n) is 88.9. The Morgan fingerprint density at radius 2 is 0.569 bits per heavy atom. The van der Waals surface area contributed by atoms with Gasteiger partial charge in [0.05, 0.1) is 0 Å². The number of fused-ring (bicyclic) bond motifs is 8. The molecule has 6 aliphatic rings. The molecule has 18 heteroatoms. The van der Waals surface area contributed by atoms with Crippen LogP contribution in [-0.4, -0.2) is 61.3 Å². The summed E-state index contributed by atoms with van der Waals surface area (Å²) in [7, 11) is 0. The fraction of sp³-hybridized carbons (Fsp3) is 0.250. The van der Waals surface area contributed by atoms with Crippen LogP contribution in [-0.2, 0) is 42.1 Å². The van der Waals surface area contributed by atoms with Gasteiger partial charge in [0.2, 0.25) is 13.4 Å². The molecule has 2 aromatic heterocycles. The van der Waals surface area contributed by atoms with Crippen molar-refractivity contribution in [1.82, 2.24) is 19.9 Å². The molecule has 0 amide bonds. The predicted molar refractivity (Wildman–Crippen MR) is 544 cm³/mol. The fourth-order valence-corrected chi connectivity index (χ4v) is 19.0. The predicted octanol–water partition coefficient (Wildman–Crippen LogP) is 25.0. The molecular weight excluding hydrogens is 1950 g/mol. The topological polar surface area (TPSA) is 106 Å². The Balaban J connectivity index is 0.000000149. The van der Waals surface area contributed by atoms with Crippen molar-refractivity contribution in [3.05, 3.63) is 359 Å². The summed E-state index contributed by atoms with van der Waals surface area (Å²) in [4.78, 5) is 29.6. The molecule has 0 radical (unpaired) electrons. The Labute approximate surface area is 819 Å². The Kier molecular flexibility index (Phi) is 23.3. The maximum absolute atomic E-state index is 8.25. The molecule has 130 heavy (non-hydrogen) atoms. The normalized spacial score (nSPS) is 15.4. The molecule has 0 atom stereocenters. The van der Waals surface area contributed by atoms with Crippen LogP contribution in [0.25, 0.3) is 32.9 Å². The molecule has 20 rings (SSSR count). The molecule has 8 heterocycles. The summed E-state index contributed by atoms with van der Waals surface area (Å²) in [6, 6.07) is 82.4. The Morgan fingerprint density at radius 3 is 0.854 bits per heavy atom. The molecule has 0 N–H and O–H groups in total. The van der Waals surface area contributed by atoms with Gasteiger partial charge in [-0.2, -0.15) is 13.3 Å². The number of para-hydroxylation sites is 8. The quantitative estimate of drug-likeness (QED) is 0.0764.